The predicted octanol–water partition coefficient (Wildman–Crippen LogP) is 2.80. The predicted molar refractivity (Wildman–Crippen MR) is 82.4 cm³/mol. The molecule has 0 saturated carbocycles. The first-order valence-electron chi connectivity index (χ1n) is 6.91. The van der Waals surface area contributed by atoms with Crippen LogP contribution in [0.15, 0.2) is 54.6 Å². The van der Waals surface area contributed by atoms with Crippen molar-refractivity contribution in [3.8, 4) is 6.07 Å². The summed E-state index contributed by atoms with van der Waals surface area (Å²) in [6.45, 7) is 0.613. The zero-order valence-corrected chi connectivity index (χ0v) is 11.6. The highest BCUT2D eigenvalue weighted by atomic mass is 15.1. The standard InChI is InChI=1S/C17H16N4/c18-11-10-17-20-15-8-4-5-9-16(15)21(17)12-14(19)13-6-2-1-3-7-13/h1-9,14H,10,12,19H2. The Morgan fingerprint density at radius 1 is 1.10 bits per heavy atom. The number of rotatable bonds is 4. The second-order valence-electron chi connectivity index (χ2n) is 4.98. The second-order valence-corrected chi connectivity index (χ2v) is 4.98. The van der Waals surface area contributed by atoms with E-state index < -0.39 is 0 Å². The highest BCUT2D eigenvalue weighted by molar-refractivity contribution is 5.76. The molecule has 0 aliphatic carbocycles. The van der Waals surface area contributed by atoms with Crippen LogP contribution in [0.2, 0.25) is 0 Å². The lowest BCUT2D eigenvalue weighted by molar-refractivity contribution is 0.573. The van der Waals surface area contributed by atoms with Gasteiger partial charge in [0.1, 0.15) is 5.82 Å². The SMILES string of the molecule is N#CCc1nc2ccccc2n1CC(N)c1ccccc1. The minimum absolute atomic E-state index is 0.124. The van der Waals surface area contributed by atoms with E-state index in [1.165, 1.54) is 0 Å². The minimum atomic E-state index is -0.124. The highest BCUT2D eigenvalue weighted by Gasteiger charge is 2.14. The molecule has 0 aliphatic rings. The number of hydrogen-bond acceptors (Lipinski definition) is 3. The Kier molecular flexibility index (Phi) is 3.67. The van der Waals surface area contributed by atoms with Gasteiger partial charge in [-0.25, -0.2) is 4.98 Å². The third-order valence-electron chi connectivity index (χ3n) is 3.58. The monoisotopic (exact) mass is 276 g/mol. The molecule has 0 bridgehead atoms. The fourth-order valence-corrected chi connectivity index (χ4v) is 2.54. The first kappa shape index (κ1) is 13.3. The van der Waals surface area contributed by atoms with Crippen molar-refractivity contribution < 1.29 is 0 Å². The fourth-order valence-electron chi connectivity index (χ4n) is 2.54. The van der Waals surface area contributed by atoms with Gasteiger partial charge in [0.2, 0.25) is 0 Å². The van der Waals surface area contributed by atoms with Crippen molar-refractivity contribution in [2.45, 2.75) is 19.0 Å². The molecule has 1 unspecified atom stereocenters. The smallest absolute Gasteiger partial charge is 0.124 e. The summed E-state index contributed by atoms with van der Waals surface area (Å²) in [5.41, 5.74) is 9.32. The van der Waals surface area contributed by atoms with E-state index in [0.29, 0.717) is 6.54 Å². The number of benzene rings is 2. The van der Waals surface area contributed by atoms with Crippen LogP contribution in [0, 0.1) is 11.3 Å². The Bertz CT molecular complexity index is 783. The van der Waals surface area contributed by atoms with E-state index in [9.17, 15) is 0 Å². The van der Waals surface area contributed by atoms with E-state index in [1.54, 1.807) is 0 Å². The van der Waals surface area contributed by atoms with Crippen LogP contribution >= 0.6 is 0 Å². The maximum Gasteiger partial charge on any atom is 0.124 e. The van der Waals surface area contributed by atoms with Gasteiger partial charge in [-0.3, -0.25) is 0 Å². The molecule has 2 N–H and O–H groups in total. The summed E-state index contributed by atoms with van der Waals surface area (Å²) in [6, 6.07) is 19.9. The van der Waals surface area contributed by atoms with Crippen molar-refractivity contribution in [3.05, 3.63) is 66.0 Å². The van der Waals surface area contributed by atoms with Crippen LogP contribution in [0.25, 0.3) is 11.0 Å². The molecular formula is C17H16N4. The number of imidazole rings is 1. The van der Waals surface area contributed by atoms with Crippen LogP contribution in [0.3, 0.4) is 0 Å². The van der Waals surface area contributed by atoms with Crippen LogP contribution in [-0.2, 0) is 13.0 Å². The van der Waals surface area contributed by atoms with E-state index in [1.807, 2.05) is 54.6 Å². The number of para-hydroxylation sites is 2. The Balaban J connectivity index is 1.99. The molecule has 4 nitrogen and oxygen atoms in total. The summed E-state index contributed by atoms with van der Waals surface area (Å²) >= 11 is 0. The molecule has 3 aromatic rings. The molecule has 0 saturated heterocycles. The molecule has 21 heavy (non-hydrogen) atoms. The maximum absolute atomic E-state index is 8.99. The molecule has 104 valence electrons. The number of nitrogens with zero attached hydrogens (tertiary/aromatic N) is 3. The van der Waals surface area contributed by atoms with Gasteiger partial charge in [0.25, 0.3) is 0 Å². The molecular weight excluding hydrogens is 260 g/mol. The van der Waals surface area contributed by atoms with Crippen molar-refractivity contribution in [2.75, 3.05) is 0 Å². The van der Waals surface area contributed by atoms with Gasteiger partial charge in [-0.1, -0.05) is 42.5 Å². The minimum Gasteiger partial charge on any atom is -0.325 e. The molecule has 1 aromatic heterocycles. The molecule has 3 rings (SSSR count). The van der Waals surface area contributed by atoms with Gasteiger partial charge in [0, 0.05) is 12.6 Å². The van der Waals surface area contributed by atoms with Crippen LogP contribution in [0.1, 0.15) is 17.4 Å². The van der Waals surface area contributed by atoms with Gasteiger partial charge in [0.05, 0.1) is 23.5 Å². The lowest BCUT2D eigenvalue weighted by Gasteiger charge is -2.15. The zero-order valence-electron chi connectivity index (χ0n) is 11.6. The lowest BCUT2D eigenvalue weighted by Crippen LogP contribution is -2.19. The van der Waals surface area contributed by atoms with Gasteiger partial charge in [0.15, 0.2) is 0 Å². The lowest BCUT2D eigenvalue weighted by atomic mass is 10.1. The third kappa shape index (κ3) is 2.64. The molecule has 0 fully saturated rings. The number of hydrogen-bond donors (Lipinski definition) is 1. The summed E-state index contributed by atoms with van der Waals surface area (Å²) in [4.78, 5) is 4.53. The average molecular weight is 276 g/mol. The summed E-state index contributed by atoms with van der Waals surface area (Å²) in [5, 5.41) is 8.99. The summed E-state index contributed by atoms with van der Waals surface area (Å²) in [5.74, 6) is 0.769. The zero-order chi connectivity index (χ0) is 14.7. The van der Waals surface area contributed by atoms with E-state index >= 15 is 0 Å². The molecule has 1 atom stereocenters. The second kappa shape index (κ2) is 5.78. The third-order valence-corrected chi connectivity index (χ3v) is 3.58. The van der Waals surface area contributed by atoms with Crippen LogP contribution < -0.4 is 5.73 Å². The van der Waals surface area contributed by atoms with Gasteiger partial charge >= 0.3 is 0 Å². The molecule has 0 amide bonds. The van der Waals surface area contributed by atoms with Crippen LogP contribution in [0.5, 0.6) is 0 Å². The van der Waals surface area contributed by atoms with Crippen molar-refractivity contribution in [3.63, 3.8) is 0 Å². The quantitative estimate of drug-likeness (QED) is 0.796. The first-order chi connectivity index (χ1) is 10.3. The Labute approximate surface area is 123 Å². The molecule has 0 radical (unpaired) electrons. The Morgan fingerprint density at radius 2 is 1.81 bits per heavy atom. The van der Waals surface area contributed by atoms with E-state index in [-0.39, 0.29) is 12.5 Å². The van der Waals surface area contributed by atoms with Gasteiger partial charge < -0.3 is 10.3 Å². The Hall–Kier alpha value is -2.64. The fraction of sp³-hybridized carbons (Fsp3) is 0.176. The molecule has 2 aromatic carbocycles. The molecule has 1 heterocycles. The van der Waals surface area contributed by atoms with E-state index in [2.05, 4.69) is 15.6 Å². The number of nitriles is 1. The molecule has 4 heteroatoms. The highest BCUT2D eigenvalue weighted by Crippen LogP contribution is 2.20. The van der Waals surface area contributed by atoms with Crippen molar-refractivity contribution >= 4 is 11.0 Å². The normalized spacial score (nSPS) is 12.2. The topological polar surface area (TPSA) is 67.6 Å². The number of fused-ring (bicyclic) bond motifs is 1. The average Bonchev–Trinajstić information content (AvgIpc) is 2.86. The summed E-state index contributed by atoms with van der Waals surface area (Å²) in [6.07, 6.45) is 0.288. The van der Waals surface area contributed by atoms with Gasteiger partial charge in [-0.15, -0.1) is 0 Å². The first-order valence-corrected chi connectivity index (χ1v) is 6.91. The molecule has 0 aliphatic heterocycles. The Morgan fingerprint density at radius 3 is 2.57 bits per heavy atom. The van der Waals surface area contributed by atoms with Crippen LogP contribution in [0.4, 0.5) is 0 Å². The summed E-state index contributed by atoms with van der Waals surface area (Å²) < 4.78 is 2.05. The number of nitrogens with two attached hydrogens (primary N) is 1. The van der Waals surface area contributed by atoms with Crippen LogP contribution in [-0.4, -0.2) is 9.55 Å². The summed E-state index contributed by atoms with van der Waals surface area (Å²) in [7, 11) is 0. The van der Waals surface area contributed by atoms with Crippen molar-refractivity contribution in [1.29, 1.82) is 5.26 Å². The van der Waals surface area contributed by atoms with E-state index in [4.69, 9.17) is 11.0 Å². The number of aromatic nitrogens is 2. The maximum atomic E-state index is 8.99. The van der Waals surface area contributed by atoms with Gasteiger partial charge in [-0.05, 0) is 17.7 Å². The molecule has 0 spiro atoms. The van der Waals surface area contributed by atoms with Crippen molar-refractivity contribution in [1.82, 2.24) is 9.55 Å². The van der Waals surface area contributed by atoms with Crippen molar-refractivity contribution in [2.24, 2.45) is 5.73 Å². The van der Waals surface area contributed by atoms with Gasteiger partial charge in [-0.2, -0.15) is 5.26 Å². The largest absolute Gasteiger partial charge is 0.325 e. The van der Waals surface area contributed by atoms with E-state index in [0.717, 1.165) is 22.4 Å².